The van der Waals surface area contributed by atoms with Crippen LogP contribution < -0.4 is 5.32 Å². The largest absolute Gasteiger partial charge is 0.391 e. The Kier molecular flexibility index (Phi) is 3.18. The van der Waals surface area contributed by atoms with E-state index >= 15 is 0 Å². The zero-order valence-electron chi connectivity index (χ0n) is 12.5. The predicted octanol–water partition coefficient (Wildman–Crippen LogP) is 2.30. The van der Waals surface area contributed by atoms with E-state index in [1.165, 1.54) is 0 Å². The minimum Gasteiger partial charge on any atom is -0.391 e. The molecule has 3 aromatic rings. The summed E-state index contributed by atoms with van der Waals surface area (Å²) in [4.78, 5) is 9.21. The third kappa shape index (κ3) is 2.20. The molecule has 6 nitrogen and oxygen atoms in total. The van der Waals surface area contributed by atoms with E-state index in [1.807, 2.05) is 31.2 Å². The van der Waals surface area contributed by atoms with Crippen LogP contribution in [-0.4, -0.2) is 36.8 Å². The molecule has 0 unspecified atom stereocenters. The lowest BCUT2D eigenvalue weighted by Gasteiger charge is -2.28. The van der Waals surface area contributed by atoms with Crippen molar-refractivity contribution in [1.82, 2.24) is 19.6 Å². The Morgan fingerprint density at radius 2 is 2.00 bits per heavy atom. The normalized spacial score (nSPS) is 22.3. The van der Waals surface area contributed by atoms with Crippen LogP contribution in [0.2, 0.25) is 0 Å². The van der Waals surface area contributed by atoms with E-state index in [1.54, 1.807) is 4.52 Å². The van der Waals surface area contributed by atoms with Crippen molar-refractivity contribution in [1.29, 1.82) is 0 Å². The number of benzene rings is 1. The molecule has 22 heavy (non-hydrogen) atoms. The van der Waals surface area contributed by atoms with Gasteiger partial charge in [0.2, 0.25) is 5.95 Å². The molecule has 0 saturated heterocycles. The number of aryl methyl sites for hydroxylation is 1. The molecular formula is C16H19N5O. The van der Waals surface area contributed by atoms with E-state index in [4.69, 9.17) is 0 Å². The van der Waals surface area contributed by atoms with Crippen molar-refractivity contribution in [3.05, 3.63) is 30.1 Å². The number of aliphatic hydroxyl groups excluding tert-OH is 1. The Bertz CT molecular complexity index is 828. The minimum atomic E-state index is -0.332. The SMILES string of the molecule is Cc1nc2c3ccccc3nc(N[C@H]3CCCC[C@@H]3O)n2n1. The molecule has 0 radical (unpaired) electrons. The third-order valence-corrected chi connectivity index (χ3v) is 4.33. The first-order chi connectivity index (χ1) is 10.7. The fraction of sp³-hybridized carbons (Fsp3) is 0.438. The van der Waals surface area contributed by atoms with Gasteiger partial charge in [0.1, 0.15) is 5.82 Å². The van der Waals surface area contributed by atoms with Gasteiger partial charge in [0.25, 0.3) is 0 Å². The number of para-hydroxylation sites is 1. The summed E-state index contributed by atoms with van der Waals surface area (Å²) < 4.78 is 1.75. The summed E-state index contributed by atoms with van der Waals surface area (Å²) in [5.41, 5.74) is 1.69. The number of fused-ring (bicyclic) bond motifs is 3. The second-order valence-electron chi connectivity index (χ2n) is 5.95. The van der Waals surface area contributed by atoms with E-state index in [9.17, 15) is 5.11 Å². The van der Waals surface area contributed by atoms with Gasteiger partial charge in [-0.25, -0.2) is 9.97 Å². The molecule has 6 heteroatoms. The van der Waals surface area contributed by atoms with Gasteiger partial charge in [-0.3, -0.25) is 0 Å². The zero-order valence-corrected chi connectivity index (χ0v) is 12.5. The molecule has 4 rings (SSSR count). The van der Waals surface area contributed by atoms with Crippen LogP contribution in [0.4, 0.5) is 5.95 Å². The van der Waals surface area contributed by atoms with Crippen LogP contribution in [0, 0.1) is 6.92 Å². The molecule has 2 N–H and O–H groups in total. The Labute approximate surface area is 128 Å². The van der Waals surface area contributed by atoms with E-state index in [0.717, 1.165) is 42.2 Å². The summed E-state index contributed by atoms with van der Waals surface area (Å²) in [7, 11) is 0. The zero-order chi connectivity index (χ0) is 15.1. The Morgan fingerprint density at radius 3 is 2.86 bits per heavy atom. The molecule has 2 atom stereocenters. The van der Waals surface area contributed by atoms with Crippen LogP contribution in [0.1, 0.15) is 31.5 Å². The number of anilines is 1. The highest BCUT2D eigenvalue weighted by atomic mass is 16.3. The van der Waals surface area contributed by atoms with Crippen molar-refractivity contribution in [2.24, 2.45) is 0 Å². The number of hydrogen-bond acceptors (Lipinski definition) is 5. The molecule has 1 fully saturated rings. The highest BCUT2D eigenvalue weighted by molar-refractivity contribution is 5.92. The molecule has 1 aliphatic rings. The van der Waals surface area contributed by atoms with Crippen molar-refractivity contribution in [3.63, 3.8) is 0 Å². The molecule has 0 amide bonds. The molecule has 1 saturated carbocycles. The number of aliphatic hydroxyl groups is 1. The van der Waals surface area contributed by atoms with Crippen LogP contribution >= 0.6 is 0 Å². The minimum absolute atomic E-state index is 0.0233. The predicted molar refractivity (Wildman–Crippen MR) is 84.9 cm³/mol. The maximum atomic E-state index is 10.2. The van der Waals surface area contributed by atoms with Crippen molar-refractivity contribution >= 4 is 22.5 Å². The quantitative estimate of drug-likeness (QED) is 0.759. The van der Waals surface area contributed by atoms with Gasteiger partial charge in [0, 0.05) is 5.39 Å². The second kappa shape index (κ2) is 5.21. The smallest absolute Gasteiger partial charge is 0.226 e. The van der Waals surface area contributed by atoms with E-state index < -0.39 is 0 Å². The number of nitrogens with zero attached hydrogens (tertiary/aromatic N) is 4. The first kappa shape index (κ1) is 13.5. The highest BCUT2D eigenvalue weighted by Crippen LogP contribution is 2.24. The summed E-state index contributed by atoms with van der Waals surface area (Å²) >= 11 is 0. The first-order valence-electron chi connectivity index (χ1n) is 7.79. The van der Waals surface area contributed by atoms with Gasteiger partial charge < -0.3 is 10.4 Å². The van der Waals surface area contributed by atoms with Gasteiger partial charge in [0.05, 0.1) is 17.7 Å². The maximum absolute atomic E-state index is 10.2. The molecule has 2 heterocycles. The lowest BCUT2D eigenvalue weighted by molar-refractivity contribution is 0.116. The third-order valence-electron chi connectivity index (χ3n) is 4.33. The molecule has 0 spiro atoms. The molecule has 1 aliphatic carbocycles. The van der Waals surface area contributed by atoms with Gasteiger partial charge in [-0.15, -0.1) is 5.10 Å². The maximum Gasteiger partial charge on any atom is 0.226 e. The molecule has 2 aromatic heterocycles. The summed E-state index contributed by atoms with van der Waals surface area (Å²) in [5.74, 6) is 1.37. The molecule has 1 aromatic carbocycles. The molecule has 114 valence electrons. The van der Waals surface area contributed by atoms with Gasteiger partial charge in [-0.2, -0.15) is 4.52 Å². The topological polar surface area (TPSA) is 75.3 Å². The lowest BCUT2D eigenvalue weighted by Crippen LogP contribution is -2.37. The fourth-order valence-electron chi connectivity index (χ4n) is 3.20. The van der Waals surface area contributed by atoms with Gasteiger partial charge in [-0.05, 0) is 31.9 Å². The summed E-state index contributed by atoms with van der Waals surface area (Å²) in [6.45, 7) is 1.88. The summed E-state index contributed by atoms with van der Waals surface area (Å²) in [6, 6.07) is 7.95. The lowest BCUT2D eigenvalue weighted by atomic mass is 9.93. The number of nitrogens with one attached hydrogen (secondary N) is 1. The van der Waals surface area contributed by atoms with Gasteiger partial charge in [-0.1, -0.05) is 25.0 Å². The van der Waals surface area contributed by atoms with Crippen LogP contribution in [-0.2, 0) is 0 Å². The molecular weight excluding hydrogens is 278 g/mol. The second-order valence-corrected chi connectivity index (χ2v) is 5.95. The molecule has 0 bridgehead atoms. The highest BCUT2D eigenvalue weighted by Gasteiger charge is 2.24. The number of hydrogen-bond donors (Lipinski definition) is 2. The Hall–Kier alpha value is -2.21. The number of aromatic nitrogens is 4. The average molecular weight is 297 g/mol. The van der Waals surface area contributed by atoms with Crippen molar-refractivity contribution < 1.29 is 5.11 Å². The average Bonchev–Trinajstić information content (AvgIpc) is 2.92. The van der Waals surface area contributed by atoms with Crippen LogP contribution in [0.25, 0.3) is 16.6 Å². The van der Waals surface area contributed by atoms with Crippen LogP contribution in [0.3, 0.4) is 0 Å². The van der Waals surface area contributed by atoms with Gasteiger partial charge >= 0.3 is 0 Å². The summed E-state index contributed by atoms with van der Waals surface area (Å²) in [5, 5.41) is 19.0. The number of rotatable bonds is 2. The van der Waals surface area contributed by atoms with Crippen molar-refractivity contribution in [2.75, 3.05) is 5.32 Å². The van der Waals surface area contributed by atoms with E-state index in [2.05, 4.69) is 20.4 Å². The van der Waals surface area contributed by atoms with Crippen molar-refractivity contribution in [3.8, 4) is 0 Å². The standard InChI is InChI=1S/C16H19N5O/c1-10-17-15-11-6-2-3-7-12(11)18-16(21(15)20-10)19-13-8-4-5-9-14(13)22/h2-3,6-7,13-14,22H,4-5,8-9H2,1H3,(H,18,19)/t13-,14-/m0/s1. The van der Waals surface area contributed by atoms with Crippen molar-refractivity contribution in [2.45, 2.75) is 44.8 Å². The van der Waals surface area contributed by atoms with Gasteiger partial charge in [0.15, 0.2) is 5.65 Å². The molecule has 0 aliphatic heterocycles. The fourth-order valence-corrected chi connectivity index (χ4v) is 3.20. The Balaban J connectivity index is 1.84. The van der Waals surface area contributed by atoms with Crippen LogP contribution in [0.5, 0.6) is 0 Å². The first-order valence-corrected chi connectivity index (χ1v) is 7.79. The van der Waals surface area contributed by atoms with E-state index in [-0.39, 0.29) is 12.1 Å². The summed E-state index contributed by atoms with van der Waals surface area (Å²) in [6.07, 6.45) is 3.67. The van der Waals surface area contributed by atoms with E-state index in [0.29, 0.717) is 11.8 Å². The monoisotopic (exact) mass is 297 g/mol. The van der Waals surface area contributed by atoms with Crippen LogP contribution in [0.15, 0.2) is 24.3 Å². The Morgan fingerprint density at radius 1 is 1.18 bits per heavy atom.